The molecule has 0 spiro atoms. The lowest BCUT2D eigenvalue weighted by molar-refractivity contribution is 0.0950. The molecule has 8 nitrogen and oxygen atoms in total. The Morgan fingerprint density at radius 2 is 2.07 bits per heavy atom. The lowest BCUT2D eigenvalue weighted by Crippen LogP contribution is -2.37. The van der Waals surface area contributed by atoms with Crippen molar-refractivity contribution in [3.63, 3.8) is 0 Å². The number of sulfone groups is 1. The molecule has 0 aromatic carbocycles. The van der Waals surface area contributed by atoms with Crippen molar-refractivity contribution >= 4 is 43.1 Å². The second kappa shape index (κ2) is 9.15. The van der Waals surface area contributed by atoms with Crippen LogP contribution in [0.2, 0.25) is 0 Å². The summed E-state index contributed by atoms with van der Waals surface area (Å²) in [5.41, 5.74) is 0.868. The van der Waals surface area contributed by atoms with Crippen LogP contribution in [0.1, 0.15) is 40.9 Å². The standard InChI is InChI=1S/C20H29N5O3S2/c1-14-16-18(22-11-15-5-10-30(27,28)12-15)23-13-24-20(16)29-17(14)19(26)21-6-9-25-7-3-2-4-8-25/h13,15H,2-12H2,1H3,(H,21,26)(H,22,23,24)/t15-/m1/s1. The predicted molar refractivity (Wildman–Crippen MR) is 120 cm³/mol. The van der Waals surface area contributed by atoms with Crippen LogP contribution in [0.3, 0.4) is 0 Å². The largest absolute Gasteiger partial charge is 0.369 e. The number of aromatic nitrogens is 2. The van der Waals surface area contributed by atoms with Crippen LogP contribution in [0.5, 0.6) is 0 Å². The Kier molecular flexibility index (Phi) is 6.54. The van der Waals surface area contributed by atoms with Gasteiger partial charge >= 0.3 is 0 Å². The van der Waals surface area contributed by atoms with E-state index < -0.39 is 9.84 Å². The molecular weight excluding hydrogens is 422 g/mol. The molecule has 4 rings (SSSR count). The average molecular weight is 452 g/mol. The van der Waals surface area contributed by atoms with Crippen molar-refractivity contribution in [3.05, 3.63) is 16.8 Å². The van der Waals surface area contributed by atoms with Crippen molar-refractivity contribution in [2.75, 3.05) is 49.5 Å². The fraction of sp³-hybridized carbons (Fsp3) is 0.650. The van der Waals surface area contributed by atoms with Gasteiger partial charge in [0, 0.05) is 19.6 Å². The molecule has 0 bridgehead atoms. The Morgan fingerprint density at radius 3 is 2.80 bits per heavy atom. The zero-order valence-electron chi connectivity index (χ0n) is 17.3. The number of anilines is 1. The Labute approximate surface area is 181 Å². The Hall–Kier alpha value is -1.78. The zero-order valence-corrected chi connectivity index (χ0v) is 18.9. The molecule has 0 unspecified atom stereocenters. The number of carbonyl (C=O) groups is 1. The van der Waals surface area contributed by atoms with Gasteiger partial charge in [0.2, 0.25) is 0 Å². The van der Waals surface area contributed by atoms with Gasteiger partial charge in [0.05, 0.1) is 21.8 Å². The number of amides is 1. The number of carbonyl (C=O) groups excluding carboxylic acids is 1. The van der Waals surface area contributed by atoms with E-state index in [0.29, 0.717) is 30.2 Å². The number of rotatable bonds is 7. The highest BCUT2D eigenvalue weighted by molar-refractivity contribution is 7.91. The predicted octanol–water partition coefficient (Wildman–Crippen LogP) is 2.06. The highest BCUT2D eigenvalue weighted by atomic mass is 32.2. The quantitative estimate of drug-likeness (QED) is 0.664. The summed E-state index contributed by atoms with van der Waals surface area (Å²) in [6, 6.07) is 0. The summed E-state index contributed by atoms with van der Waals surface area (Å²) in [5.74, 6) is 1.18. The second-order valence-electron chi connectivity index (χ2n) is 8.27. The molecule has 0 radical (unpaired) electrons. The molecule has 0 saturated carbocycles. The number of nitrogens with one attached hydrogen (secondary N) is 2. The maximum atomic E-state index is 12.8. The smallest absolute Gasteiger partial charge is 0.261 e. The van der Waals surface area contributed by atoms with E-state index in [0.717, 1.165) is 35.4 Å². The van der Waals surface area contributed by atoms with Crippen LogP contribution >= 0.6 is 11.3 Å². The molecule has 1 amide bonds. The number of aryl methyl sites for hydroxylation is 1. The molecule has 2 aliphatic heterocycles. The zero-order chi connectivity index (χ0) is 21.1. The monoisotopic (exact) mass is 451 g/mol. The molecule has 2 aliphatic rings. The fourth-order valence-corrected chi connectivity index (χ4v) is 7.21. The number of likely N-dealkylation sites (tertiary alicyclic amines) is 1. The number of fused-ring (bicyclic) bond motifs is 1. The van der Waals surface area contributed by atoms with E-state index in [4.69, 9.17) is 0 Å². The SMILES string of the molecule is Cc1c(C(=O)NCCN2CCCCC2)sc2ncnc(NC[C@H]3CCS(=O)(=O)C3)c12. The molecular formula is C20H29N5O3S2. The summed E-state index contributed by atoms with van der Waals surface area (Å²) >= 11 is 1.38. The minimum Gasteiger partial charge on any atom is -0.369 e. The molecule has 4 heterocycles. The normalized spacial score (nSPS) is 21.7. The maximum Gasteiger partial charge on any atom is 0.261 e. The summed E-state index contributed by atoms with van der Waals surface area (Å²) in [4.78, 5) is 25.3. The molecule has 1 atom stereocenters. The van der Waals surface area contributed by atoms with E-state index in [1.54, 1.807) is 0 Å². The molecule has 0 aliphatic carbocycles. The van der Waals surface area contributed by atoms with Crippen LogP contribution in [0.15, 0.2) is 6.33 Å². The number of thiophene rings is 1. The first-order valence-corrected chi connectivity index (χ1v) is 13.3. The van der Waals surface area contributed by atoms with Crippen molar-refractivity contribution in [2.24, 2.45) is 5.92 Å². The van der Waals surface area contributed by atoms with E-state index in [1.807, 2.05) is 6.92 Å². The van der Waals surface area contributed by atoms with Crippen LogP contribution in [0.4, 0.5) is 5.82 Å². The Balaban J connectivity index is 1.41. The fourth-order valence-electron chi connectivity index (χ4n) is 4.29. The van der Waals surface area contributed by atoms with E-state index in [-0.39, 0.29) is 23.3 Å². The summed E-state index contributed by atoms with van der Waals surface area (Å²) in [6.07, 6.45) is 5.95. The van der Waals surface area contributed by atoms with Crippen LogP contribution in [0, 0.1) is 12.8 Å². The van der Waals surface area contributed by atoms with Crippen LogP contribution in [0.25, 0.3) is 10.2 Å². The maximum absolute atomic E-state index is 12.8. The Bertz CT molecular complexity index is 1010. The van der Waals surface area contributed by atoms with Gasteiger partial charge in [0.25, 0.3) is 5.91 Å². The van der Waals surface area contributed by atoms with Crippen molar-refractivity contribution in [1.29, 1.82) is 0 Å². The van der Waals surface area contributed by atoms with Gasteiger partial charge in [0.1, 0.15) is 17.0 Å². The van der Waals surface area contributed by atoms with E-state index in [9.17, 15) is 13.2 Å². The molecule has 30 heavy (non-hydrogen) atoms. The lowest BCUT2D eigenvalue weighted by Gasteiger charge is -2.26. The number of piperidine rings is 1. The van der Waals surface area contributed by atoms with Crippen LogP contribution in [-0.4, -0.2) is 73.4 Å². The molecule has 2 aromatic heterocycles. The molecule has 2 fully saturated rings. The number of hydrogen-bond acceptors (Lipinski definition) is 8. The van der Waals surface area contributed by atoms with Crippen molar-refractivity contribution in [3.8, 4) is 0 Å². The van der Waals surface area contributed by atoms with Gasteiger partial charge in [-0.15, -0.1) is 11.3 Å². The van der Waals surface area contributed by atoms with Crippen LogP contribution < -0.4 is 10.6 Å². The number of hydrogen-bond donors (Lipinski definition) is 2. The first kappa shape index (κ1) is 21.5. The van der Waals surface area contributed by atoms with Gasteiger partial charge in [0.15, 0.2) is 9.84 Å². The summed E-state index contributed by atoms with van der Waals surface area (Å²) in [6.45, 7) is 6.23. The van der Waals surface area contributed by atoms with Crippen LogP contribution in [-0.2, 0) is 9.84 Å². The highest BCUT2D eigenvalue weighted by Crippen LogP contribution is 2.33. The minimum absolute atomic E-state index is 0.0691. The third kappa shape index (κ3) is 4.92. The summed E-state index contributed by atoms with van der Waals surface area (Å²) < 4.78 is 23.4. The molecule has 2 N–H and O–H groups in total. The van der Waals surface area contributed by atoms with Crippen molar-refractivity contribution < 1.29 is 13.2 Å². The molecule has 2 aromatic rings. The second-order valence-corrected chi connectivity index (χ2v) is 11.5. The third-order valence-electron chi connectivity index (χ3n) is 5.98. The molecule has 2 saturated heterocycles. The minimum atomic E-state index is -2.90. The lowest BCUT2D eigenvalue weighted by atomic mass is 10.1. The first-order valence-electron chi connectivity index (χ1n) is 10.6. The van der Waals surface area contributed by atoms with Crippen molar-refractivity contribution in [2.45, 2.75) is 32.6 Å². The van der Waals surface area contributed by atoms with E-state index >= 15 is 0 Å². The van der Waals surface area contributed by atoms with Gasteiger partial charge < -0.3 is 15.5 Å². The average Bonchev–Trinajstić information content (AvgIpc) is 3.26. The van der Waals surface area contributed by atoms with Gasteiger partial charge in [-0.3, -0.25) is 4.79 Å². The van der Waals surface area contributed by atoms with Gasteiger partial charge in [-0.25, -0.2) is 18.4 Å². The Morgan fingerprint density at radius 1 is 1.27 bits per heavy atom. The topological polar surface area (TPSA) is 104 Å². The molecule has 164 valence electrons. The number of nitrogens with zero attached hydrogens (tertiary/aromatic N) is 3. The van der Waals surface area contributed by atoms with Gasteiger partial charge in [-0.2, -0.15) is 0 Å². The van der Waals surface area contributed by atoms with Gasteiger partial charge in [-0.05, 0) is 50.8 Å². The summed E-state index contributed by atoms with van der Waals surface area (Å²) in [7, 11) is -2.90. The van der Waals surface area contributed by atoms with Gasteiger partial charge in [-0.1, -0.05) is 6.42 Å². The molecule has 10 heteroatoms. The summed E-state index contributed by atoms with van der Waals surface area (Å²) in [5, 5.41) is 7.20. The van der Waals surface area contributed by atoms with E-state index in [1.165, 1.54) is 36.9 Å². The third-order valence-corrected chi connectivity index (χ3v) is 9.02. The van der Waals surface area contributed by atoms with E-state index in [2.05, 4.69) is 25.5 Å². The highest BCUT2D eigenvalue weighted by Gasteiger charge is 2.28. The van der Waals surface area contributed by atoms with Crippen molar-refractivity contribution in [1.82, 2.24) is 20.2 Å². The first-order chi connectivity index (χ1) is 14.4.